The number of ether oxygens (including phenoxy) is 1. The van der Waals surface area contributed by atoms with Gasteiger partial charge in [-0.15, -0.1) is 0 Å². The molecule has 92 valence electrons. The number of Topliss-reactive ketones (excluding diaryl/α,β-unsaturated/α-hetero) is 1. The van der Waals surface area contributed by atoms with E-state index in [-0.39, 0.29) is 0 Å². The summed E-state index contributed by atoms with van der Waals surface area (Å²) in [5, 5.41) is 8.61. The Morgan fingerprint density at radius 3 is 2.19 bits per heavy atom. The Morgan fingerprint density at radius 1 is 1.38 bits per heavy atom. The van der Waals surface area contributed by atoms with Crippen molar-refractivity contribution in [1.29, 1.82) is 0 Å². The molecular formula is C9H16N2O5. The van der Waals surface area contributed by atoms with E-state index in [1.54, 1.807) is 26.3 Å². The molecule has 4 N–H and O–H groups in total. The van der Waals surface area contributed by atoms with Crippen LogP contribution in [0.1, 0.15) is 27.2 Å². The molecule has 0 aliphatic heterocycles. The van der Waals surface area contributed by atoms with Gasteiger partial charge in [-0.05, 0) is 20.8 Å². The van der Waals surface area contributed by atoms with E-state index in [2.05, 4.69) is 0 Å². The second kappa shape index (κ2) is 5.57. The lowest BCUT2D eigenvalue weighted by molar-refractivity contribution is -0.164. The fourth-order valence-electron chi connectivity index (χ4n) is 0.869. The number of esters is 1. The smallest absolute Gasteiger partial charge is 0.376 e. The molecule has 0 aromatic carbocycles. The van der Waals surface area contributed by atoms with Crippen molar-refractivity contribution >= 4 is 17.7 Å². The molecule has 0 fully saturated rings. The molecule has 0 aliphatic rings. The summed E-state index contributed by atoms with van der Waals surface area (Å²) in [5.74, 6) is -2.99. The Bertz CT molecular complexity index is 295. The number of nitrogens with one attached hydrogen (secondary N) is 1. The quantitative estimate of drug-likeness (QED) is 0.322. The minimum atomic E-state index is -1.37. The first-order valence-corrected chi connectivity index (χ1v) is 4.62. The fraction of sp³-hybridized carbons (Fsp3) is 0.667. The highest BCUT2D eigenvalue weighted by atomic mass is 16.6. The highest BCUT2D eigenvalue weighted by Crippen LogP contribution is 2.08. The maximum atomic E-state index is 11.4. The zero-order chi connectivity index (χ0) is 12.9. The van der Waals surface area contributed by atoms with Gasteiger partial charge in [-0.3, -0.25) is 9.59 Å². The van der Waals surface area contributed by atoms with Gasteiger partial charge in [-0.25, -0.2) is 4.79 Å². The maximum absolute atomic E-state index is 11.4. The van der Waals surface area contributed by atoms with Crippen LogP contribution in [0.3, 0.4) is 0 Å². The van der Waals surface area contributed by atoms with E-state index in [9.17, 15) is 14.4 Å². The molecule has 0 radical (unpaired) electrons. The largest absolute Gasteiger partial charge is 0.454 e. The molecule has 0 rings (SSSR count). The molecule has 1 atom stereocenters. The lowest BCUT2D eigenvalue weighted by atomic mass is 10.1. The number of nitrogens with two attached hydrogens (primary N) is 1. The molecule has 7 nitrogen and oxygen atoms in total. The topological polar surface area (TPSA) is 119 Å². The molecule has 0 aromatic rings. The summed E-state index contributed by atoms with van der Waals surface area (Å²) >= 11 is 0. The van der Waals surface area contributed by atoms with Crippen LogP contribution >= 0.6 is 0 Å². The second-order valence-corrected chi connectivity index (χ2v) is 4.22. The summed E-state index contributed by atoms with van der Waals surface area (Å²) in [6.07, 6.45) is -0.478. The van der Waals surface area contributed by atoms with Gasteiger partial charge in [0.15, 0.2) is 0 Å². The average molecular weight is 232 g/mol. The van der Waals surface area contributed by atoms with Crippen LogP contribution in [0.2, 0.25) is 0 Å². The number of hydroxylamine groups is 1. The van der Waals surface area contributed by atoms with Gasteiger partial charge in [0, 0.05) is 0 Å². The van der Waals surface area contributed by atoms with Crippen molar-refractivity contribution in [1.82, 2.24) is 5.48 Å². The number of carbonyl (C=O) groups is 3. The second-order valence-electron chi connectivity index (χ2n) is 4.22. The molecule has 0 heterocycles. The Labute approximate surface area is 92.9 Å². The molecule has 16 heavy (non-hydrogen) atoms. The monoisotopic (exact) mass is 232 g/mol. The number of rotatable bonds is 5. The van der Waals surface area contributed by atoms with Crippen LogP contribution in [0.4, 0.5) is 0 Å². The first kappa shape index (κ1) is 14.5. The van der Waals surface area contributed by atoms with E-state index < -0.39 is 35.7 Å². The lowest BCUT2D eigenvalue weighted by Crippen LogP contribution is -2.44. The number of ketones is 1. The van der Waals surface area contributed by atoms with Gasteiger partial charge in [0.25, 0.3) is 5.78 Å². The molecule has 0 saturated carbocycles. The van der Waals surface area contributed by atoms with Crippen molar-refractivity contribution in [2.45, 2.75) is 38.8 Å². The molecule has 0 aromatic heterocycles. The summed E-state index contributed by atoms with van der Waals surface area (Å²) in [7, 11) is 0. The van der Waals surface area contributed by atoms with Gasteiger partial charge in [-0.1, -0.05) is 0 Å². The van der Waals surface area contributed by atoms with Gasteiger partial charge in [0.1, 0.15) is 11.6 Å². The van der Waals surface area contributed by atoms with Gasteiger partial charge < -0.3 is 15.7 Å². The van der Waals surface area contributed by atoms with Crippen molar-refractivity contribution in [3.05, 3.63) is 0 Å². The number of hydrogen-bond acceptors (Lipinski definition) is 6. The average Bonchev–Trinajstić information content (AvgIpc) is 2.09. The number of primary amides is 1. The molecule has 0 aliphatic carbocycles. The molecule has 0 saturated heterocycles. The third-order valence-electron chi connectivity index (χ3n) is 1.48. The molecule has 7 heteroatoms. The van der Waals surface area contributed by atoms with E-state index >= 15 is 0 Å². The van der Waals surface area contributed by atoms with E-state index in [0.29, 0.717) is 0 Å². The van der Waals surface area contributed by atoms with Crippen LogP contribution in [0.15, 0.2) is 0 Å². The van der Waals surface area contributed by atoms with Crippen LogP contribution in [0.25, 0.3) is 0 Å². The highest BCUT2D eigenvalue weighted by Gasteiger charge is 2.30. The third kappa shape index (κ3) is 5.42. The SMILES string of the molecule is CC(C)(C)OC(=O)C(=O)[C@H](CC(N)=O)NO. The Hall–Kier alpha value is -1.47. The van der Waals surface area contributed by atoms with E-state index in [0.717, 1.165) is 0 Å². The third-order valence-corrected chi connectivity index (χ3v) is 1.48. The molecule has 1 amide bonds. The van der Waals surface area contributed by atoms with Crippen molar-refractivity contribution in [3.8, 4) is 0 Å². The van der Waals surface area contributed by atoms with Crippen LogP contribution in [-0.2, 0) is 19.1 Å². The van der Waals surface area contributed by atoms with Crippen molar-refractivity contribution < 1.29 is 24.3 Å². The zero-order valence-corrected chi connectivity index (χ0v) is 9.44. The lowest BCUT2D eigenvalue weighted by Gasteiger charge is -2.20. The number of carbonyl (C=O) groups excluding carboxylic acids is 3. The molecule has 0 bridgehead atoms. The standard InChI is InChI=1S/C9H16N2O5/c1-9(2,3)16-8(14)7(13)5(11-15)4-6(10)12/h5,11,15H,4H2,1-3H3,(H2,10,12)/t5-/m0/s1. The normalized spacial score (nSPS) is 13.0. The Balaban J connectivity index is 4.51. The van der Waals surface area contributed by atoms with Crippen molar-refractivity contribution in [2.75, 3.05) is 0 Å². The van der Waals surface area contributed by atoms with Crippen LogP contribution in [0.5, 0.6) is 0 Å². The summed E-state index contributed by atoms with van der Waals surface area (Å²) in [6.45, 7) is 4.77. The predicted molar refractivity (Wildman–Crippen MR) is 53.4 cm³/mol. The van der Waals surface area contributed by atoms with Crippen molar-refractivity contribution in [3.63, 3.8) is 0 Å². The predicted octanol–water partition coefficient (Wildman–Crippen LogP) is -0.880. The minimum Gasteiger partial charge on any atom is -0.454 e. The molecular weight excluding hydrogens is 216 g/mol. The number of hydrogen-bond donors (Lipinski definition) is 3. The zero-order valence-electron chi connectivity index (χ0n) is 9.44. The summed E-state index contributed by atoms with van der Waals surface area (Å²) in [4.78, 5) is 33.2. The van der Waals surface area contributed by atoms with E-state index in [1.807, 2.05) is 0 Å². The summed E-state index contributed by atoms with van der Waals surface area (Å²) < 4.78 is 4.77. The van der Waals surface area contributed by atoms with Gasteiger partial charge in [-0.2, -0.15) is 5.48 Å². The van der Waals surface area contributed by atoms with E-state index in [4.69, 9.17) is 15.7 Å². The van der Waals surface area contributed by atoms with Gasteiger partial charge >= 0.3 is 5.97 Å². The van der Waals surface area contributed by atoms with Gasteiger partial charge in [0.05, 0.1) is 6.42 Å². The maximum Gasteiger partial charge on any atom is 0.376 e. The summed E-state index contributed by atoms with van der Waals surface area (Å²) in [5.41, 5.74) is 5.57. The molecule has 0 unspecified atom stereocenters. The first-order chi connectivity index (χ1) is 7.17. The first-order valence-electron chi connectivity index (χ1n) is 4.62. The highest BCUT2D eigenvalue weighted by molar-refractivity contribution is 6.36. The van der Waals surface area contributed by atoms with E-state index in [1.165, 1.54) is 0 Å². The minimum absolute atomic E-state index is 0.478. The summed E-state index contributed by atoms with van der Waals surface area (Å²) in [6, 6.07) is -1.37. The molecule has 0 spiro atoms. The fourth-order valence-corrected chi connectivity index (χ4v) is 0.869. The van der Waals surface area contributed by atoms with Gasteiger partial charge in [0.2, 0.25) is 5.91 Å². The number of amides is 1. The Kier molecular flexibility index (Phi) is 5.06. The van der Waals surface area contributed by atoms with Crippen LogP contribution in [0, 0.1) is 0 Å². The van der Waals surface area contributed by atoms with Crippen LogP contribution in [-0.4, -0.2) is 34.5 Å². The van der Waals surface area contributed by atoms with Crippen molar-refractivity contribution in [2.24, 2.45) is 5.73 Å². The Morgan fingerprint density at radius 2 is 1.88 bits per heavy atom. The van der Waals surface area contributed by atoms with Crippen LogP contribution < -0.4 is 11.2 Å².